The molecule has 2 heterocycles. The second kappa shape index (κ2) is 10.4. The van der Waals surface area contributed by atoms with E-state index in [9.17, 15) is 14.4 Å². The fraction of sp³-hybridized carbons (Fsp3) is 0.259. The molecule has 3 aromatic rings. The molecule has 8 nitrogen and oxygen atoms in total. The van der Waals surface area contributed by atoms with Crippen LogP contribution in [0.3, 0.4) is 0 Å². The molecule has 180 valence electrons. The molecule has 0 spiro atoms. The van der Waals surface area contributed by atoms with E-state index in [-0.39, 0.29) is 37.4 Å². The van der Waals surface area contributed by atoms with Gasteiger partial charge in [-0.15, -0.1) is 0 Å². The summed E-state index contributed by atoms with van der Waals surface area (Å²) in [7, 11) is 0. The normalized spacial score (nSPS) is 13.5. The number of aromatic nitrogens is 1. The molecular weight excluding hydrogens is 446 g/mol. The summed E-state index contributed by atoms with van der Waals surface area (Å²) in [6, 6.07) is 15.3. The Kier molecular flexibility index (Phi) is 7.10. The van der Waals surface area contributed by atoms with Crippen LogP contribution >= 0.6 is 0 Å². The summed E-state index contributed by atoms with van der Waals surface area (Å²) in [5.41, 5.74) is 3.41. The molecule has 0 saturated carbocycles. The molecule has 1 N–H and O–H groups in total. The predicted molar refractivity (Wildman–Crippen MR) is 131 cm³/mol. The molecule has 0 fully saturated rings. The maximum atomic E-state index is 12.9. The van der Waals surface area contributed by atoms with Crippen molar-refractivity contribution in [2.45, 2.75) is 33.4 Å². The number of ketones is 1. The monoisotopic (exact) mass is 473 g/mol. The van der Waals surface area contributed by atoms with Crippen molar-refractivity contribution in [1.82, 2.24) is 10.3 Å². The third-order valence-electron chi connectivity index (χ3n) is 5.80. The molecule has 4 rings (SSSR count). The molecule has 1 unspecified atom stereocenters. The van der Waals surface area contributed by atoms with E-state index >= 15 is 0 Å². The smallest absolute Gasteiger partial charge is 0.265 e. The second-order valence-corrected chi connectivity index (χ2v) is 8.43. The number of benzene rings is 2. The summed E-state index contributed by atoms with van der Waals surface area (Å²) in [4.78, 5) is 44.0. The summed E-state index contributed by atoms with van der Waals surface area (Å²) in [5.74, 6) is 0.121. The highest BCUT2D eigenvalue weighted by molar-refractivity contribution is 6.05. The SMILES string of the molecule is Cc1ccc(C)c(OCC(=O)c2ccc3c(c2)N(C(C)C(=O)NCc2ccccn2)C(=O)CO3)c1. The zero-order valence-corrected chi connectivity index (χ0v) is 19.9. The van der Waals surface area contributed by atoms with Gasteiger partial charge in [0.05, 0.1) is 17.9 Å². The minimum atomic E-state index is -0.814. The number of aryl methyl sites for hydroxylation is 2. The van der Waals surface area contributed by atoms with Crippen LogP contribution in [0.1, 0.15) is 34.1 Å². The van der Waals surface area contributed by atoms with E-state index in [1.165, 1.54) is 4.90 Å². The molecule has 0 radical (unpaired) electrons. The number of carbonyl (C=O) groups excluding carboxylic acids is 3. The fourth-order valence-corrected chi connectivity index (χ4v) is 3.80. The van der Waals surface area contributed by atoms with Crippen molar-refractivity contribution >= 4 is 23.3 Å². The van der Waals surface area contributed by atoms with E-state index in [0.29, 0.717) is 28.4 Å². The van der Waals surface area contributed by atoms with Gasteiger partial charge in [0.1, 0.15) is 17.5 Å². The molecule has 2 amide bonds. The van der Waals surface area contributed by atoms with E-state index in [0.717, 1.165) is 11.1 Å². The highest BCUT2D eigenvalue weighted by Crippen LogP contribution is 2.34. The standard InChI is InChI=1S/C27H27N3O5/c1-17-7-8-18(2)25(12-17)34-15-23(31)20-9-10-24-22(13-20)30(26(32)16-35-24)19(3)27(33)29-14-21-6-4-5-11-28-21/h4-13,19H,14-16H2,1-3H3,(H,29,33). The number of fused-ring (bicyclic) bond motifs is 1. The lowest BCUT2D eigenvalue weighted by atomic mass is 10.1. The summed E-state index contributed by atoms with van der Waals surface area (Å²) in [6.07, 6.45) is 1.65. The van der Waals surface area contributed by atoms with Crippen molar-refractivity contribution in [3.8, 4) is 11.5 Å². The van der Waals surface area contributed by atoms with E-state index in [1.807, 2.05) is 38.1 Å². The third-order valence-corrected chi connectivity index (χ3v) is 5.80. The van der Waals surface area contributed by atoms with Gasteiger partial charge in [-0.05, 0) is 68.3 Å². The Balaban J connectivity index is 1.50. The Hall–Kier alpha value is -4.20. The van der Waals surface area contributed by atoms with Crippen molar-refractivity contribution in [3.63, 3.8) is 0 Å². The average Bonchev–Trinajstić information content (AvgIpc) is 2.87. The first-order valence-electron chi connectivity index (χ1n) is 11.3. The van der Waals surface area contributed by atoms with E-state index in [1.54, 1.807) is 43.5 Å². The summed E-state index contributed by atoms with van der Waals surface area (Å²) in [6.45, 7) is 5.41. The Bertz CT molecular complexity index is 1260. The summed E-state index contributed by atoms with van der Waals surface area (Å²) >= 11 is 0. The number of nitrogens with zero attached hydrogens (tertiary/aromatic N) is 2. The van der Waals surface area contributed by atoms with Crippen LogP contribution in [-0.4, -0.2) is 41.8 Å². The van der Waals surface area contributed by atoms with Gasteiger partial charge in [-0.3, -0.25) is 24.3 Å². The van der Waals surface area contributed by atoms with Crippen LogP contribution < -0.4 is 19.7 Å². The topological polar surface area (TPSA) is 97.8 Å². The first-order valence-corrected chi connectivity index (χ1v) is 11.3. The number of anilines is 1. The quantitative estimate of drug-likeness (QED) is 0.504. The highest BCUT2D eigenvalue weighted by atomic mass is 16.5. The van der Waals surface area contributed by atoms with Gasteiger partial charge in [-0.25, -0.2) is 0 Å². The van der Waals surface area contributed by atoms with E-state index < -0.39 is 6.04 Å². The van der Waals surface area contributed by atoms with Crippen molar-refractivity contribution in [2.24, 2.45) is 0 Å². The zero-order chi connectivity index (χ0) is 24.9. The van der Waals surface area contributed by atoms with Gasteiger partial charge in [0.15, 0.2) is 19.0 Å². The molecule has 1 aliphatic heterocycles. The number of hydrogen-bond acceptors (Lipinski definition) is 6. The molecular formula is C27H27N3O5. The van der Waals surface area contributed by atoms with E-state index in [4.69, 9.17) is 9.47 Å². The number of hydrogen-bond donors (Lipinski definition) is 1. The van der Waals surface area contributed by atoms with Crippen molar-refractivity contribution in [1.29, 1.82) is 0 Å². The largest absolute Gasteiger partial charge is 0.485 e. The maximum Gasteiger partial charge on any atom is 0.265 e. The van der Waals surface area contributed by atoms with Crippen LogP contribution in [0.25, 0.3) is 0 Å². The van der Waals surface area contributed by atoms with Gasteiger partial charge < -0.3 is 14.8 Å². The van der Waals surface area contributed by atoms with Crippen LogP contribution in [0.2, 0.25) is 0 Å². The molecule has 1 aliphatic rings. The Labute approximate surface area is 203 Å². The Morgan fingerprint density at radius 1 is 1.14 bits per heavy atom. The van der Waals surface area contributed by atoms with Gasteiger partial charge in [0.25, 0.3) is 5.91 Å². The molecule has 2 aromatic carbocycles. The summed E-state index contributed by atoms with van der Waals surface area (Å²) < 4.78 is 11.3. The van der Waals surface area contributed by atoms with Crippen molar-refractivity contribution < 1.29 is 23.9 Å². The molecule has 8 heteroatoms. The van der Waals surface area contributed by atoms with Gasteiger partial charge in [0, 0.05) is 11.8 Å². The minimum absolute atomic E-state index is 0.155. The van der Waals surface area contributed by atoms with Gasteiger partial charge in [0.2, 0.25) is 5.91 Å². The van der Waals surface area contributed by atoms with Gasteiger partial charge >= 0.3 is 0 Å². The van der Waals surface area contributed by atoms with Crippen LogP contribution in [0, 0.1) is 13.8 Å². The van der Waals surface area contributed by atoms with Crippen LogP contribution in [0.15, 0.2) is 60.8 Å². The number of Topliss-reactive ketones (excluding diaryl/α,β-unsaturated/α-hetero) is 1. The zero-order valence-electron chi connectivity index (χ0n) is 19.9. The molecule has 0 saturated heterocycles. The van der Waals surface area contributed by atoms with E-state index in [2.05, 4.69) is 10.3 Å². The van der Waals surface area contributed by atoms with Crippen LogP contribution in [-0.2, 0) is 16.1 Å². The van der Waals surface area contributed by atoms with Crippen molar-refractivity contribution in [3.05, 3.63) is 83.2 Å². The minimum Gasteiger partial charge on any atom is -0.485 e. The lowest BCUT2D eigenvalue weighted by Gasteiger charge is -2.33. The molecule has 35 heavy (non-hydrogen) atoms. The second-order valence-electron chi connectivity index (χ2n) is 8.43. The van der Waals surface area contributed by atoms with Crippen LogP contribution in [0.5, 0.6) is 11.5 Å². The molecule has 0 bridgehead atoms. The number of rotatable bonds is 8. The first kappa shape index (κ1) is 23.9. The molecule has 1 atom stereocenters. The molecule has 1 aromatic heterocycles. The lowest BCUT2D eigenvalue weighted by molar-refractivity contribution is -0.127. The number of carbonyl (C=O) groups is 3. The maximum absolute atomic E-state index is 12.9. The number of pyridine rings is 1. The van der Waals surface area contributed by atoms with Crippen LogP contribution in [0.4, 0.5) is 5.69 Å². The predicted octanol–water partition coefficient (Wildman–Crippen LogP) is 3.39. The highest BCUT2D eigenvalue weighted by Gasteiger charge is 2.33. The number of nitrogens with one attached hydrogen (secondary N) is 1. The van der Waals surface area contributed by atoms with Crippen molar-refractivity contribution in [2.75, 3.05) is 18.1 Å². The van der Waals surface area contributed by atoms with Gasteiger partial charge in [-0.2, -0.15) is 0 Å². The van der Waals surface area contributed by atoms with Gasteiger partial charge in [-0.1, -0.05) is 18.2 Å². The Morgan fingerprint density at radius 2 is 1.97 bits per heavy atom. The third kappa shape index (κ3) is 5.48. The fourth-order valence-electron chi connectivity index (χ4n) is 3.80. The average molecular weight is 474 g/mol. The lowest BCUT2D eigenvalue weighted by Crippen LogP contribution is -2.51. The first-order chi connectivity index (χ1) is 16.8. The Morgan fingerprint density at radius 3 is 2.74 bits per heavy atom. The number of amides is 2. The molecule has 0 aliphatic carbocycles. The number of ether oxygens (including phenoxy) is 2. The summed E-state index contributed by atoms with van der Waals surface area (Å²) in [5, 5.41) is 2.81.